The fourth-order valence-corrected chi connectivity index (χ4v) is 1.21. The molecular weight excluding hydrogens is 196 g/mol. The molecule has 1 heterocycles. The highest BCUT2D eigenvalue weighted by Gasteiger charge is 1.98. The van der Waals surface area contributed by atoms with Gasteiger partial charge >= 0.3 is 0 Å². The van der Waals surface area contributed by atoms with E-state index in [1.54, 1.807) is 24.3 Å². The number of hydrogen-bond donors (Lipinski definition) is 0. The lowest BCUT2D eigenvalue weighted by molar-refractivity contribution is -0.304. The number of aromatic nitrogens is 4. The molecule has 0 bridgehead atoms. The SMILES string of the molecule is O=C([O-])Cc1ccc(-n2cnnn2)cc1. The topological polar surface area (TPSA) is 83.7 Å². The Morgan fingerprint density at radius 3 is 2.60 bits per heavy atom. The molecule has 15 heavy (non-hydrogen) atoms. The Labute approximate surface area is 85.2 Å². The minimum absolute atomic E-state index is 0.0874. The summed E-state index contributed by atoms with van der Waals surface area (Å²) in [5, 5.41) is 21.0. The summed E-state index contributed by atoms with van der Waals surface area (Å²) in [5.41, 5.74) is 1.47. The average molecular weight is 203 g/mol. The standard InChI is InChI=1S/C9H8N4O2/c14-9(15)5-7-1-3-8(4-2-7)13-6-10-11-12-13/h1-4,6H,5H2,(H,14,15)/p-1. The van der Waals surface area contributed by atoms with Crippen molar-refractivity contribution in [2.45, 2.75) is 6.42 Å². The third-order valence-corrected chi connectivity index (χ3v) is 1.90. The normalized spacial score (nSPS) is 10.1. The molecule has 1 aromatic carbocycles. The number of carbonyl (C=O) groups is 1. The van der Waals surface area contributed by atoms with Crippen molar-refractivity contribution in [2.75, 3.05) is 0 Å². The third kappa shape index (κ3) is 2.16. The van der Waals surface area contributed by atoms with Gasteiger partial charge in [-0.05, 0) is 28.1 Å². The van der Waals surface area contributed by atoms with Crippen LogP contribution in [-0.2, 0) is 11.2 Å². The Bertz CT molecular complexity index is 449. The number of aliphatic carboxylic acids is 1. The summed E-state index contributed by atoms with van der Waals surface area (Å²) in [6.07, 6.45) is 1.38. The van der Waals surface area contributed by atoms with Gasteiger partial charge in [0.15, 0.2) is 0 Å². The van der Waals surface area contributed by atoms with Crippen LogP contribution in [0.15, 0.2) is 30.6 Å². The molecule has 76 valence electrons. The number of carboxylic acids is 1. The molecule has 0 N–H and O–H groups in total. The molecule has 0 saturated carbocycles. The maximum absolute atomic E-state index is 10.3. The Balaban J connectivity index is 2.21. The summed E-state index contributed by atoms with van der Waals surface area (Å²) in [7, 11) is 0. The van der Waals surface area contributed by atoms with E-state index >= 15 is 0 Å². The van der Waals surface area contributed by atoms with Gasteiger partial charge in [-0.2, -0.15) is 0 Å². The van der Waals surface area contributed by atoms with Gasteiger partial charge < -0.3 is 9.90 Å². The van der Waals surface area contributed by atoms with E-state index in [9.17, 15) is 9.90 Å². The molecular formula is C9H7N4O2-. The maximum atomic E-state index is 10.3. The van der Waals surface area contributed by atoms with Gasteiger partial charge in [-0.1, -0.05) is 12.1 Å². The van der Waals surface area contributed by atoms with Gasteiger partial charge in [0, 0.05) is 12.4 Å². The van der Waals surface area contributed by atoms with Crippen LogP contribution in [0, 0.1) is 0 Å². The molecule has 0 amide bonds. The maximum Gasteiger partial charge on any atom is 0.143 e. The Morgan fingerprint density at radius 1 is 1.33 bits per heavy atom. The second kappa shape index (κ2) is 3.87. The largest absolute Gasteiger partial charge is 0.550 e. The van der Waals surface area contributed by atoms with Crippen LogP contribution in [0.25, 0.3) is 5.69 Å². The van der Waals surface area contributed by atoms with E-state index in [4.69, 9.17) is 0 Å². The van der Waals surface area contributed by atoms with Crippen LogP contribution in [0.4, 0.5) is 0 Å². The van der Waals surface area contributed by atoms with Gasteiger partial charge in [0.1, 0.15) is 6.33 Å². The van der Waals surface area contributed by atoms with E-state index in [2.05, 4.69) is 15.5 Å². The zero-order valence-corrected chi connectivity index (χ0v) is 7.70. The molecule has 6 nitrogen and oxygen atoms in total. The van der Waals surface area contributed by atoms with E-state index in [1.807, 2.05) is 0 Å². The molecule has 2 rings (SSSR count). The van der Waals surface area contributed by atoms with Gasteiger partial charge in [0.05, 0.1) is 5.69 Å². The smallest absolute Gasteiger partial charge is 0.143 e. The molecule has 2 aromatic rings. The van der Waals surface area contributed by atoms with Crippen molar-refractivity contribution in [3.8, 4) is 5.69 Å². The summed E-state index contributed by atoms with van der Waals surface area (Å²) in [5.74, 6) is -1.09. The van der Waals surface area contributed by atoms with Crippen molar-refractivity contribution in [2.24, 2.45) is 0 Å². The molecule has 0 spiro atoms. The Hall–Kier alpha value is -2.24. The monoisotopic (exact) mass is 203 g/mol. The first-order valence-corrected chi connectivity index (χ1v) is 4.28. The van der Waals surface area contributed by atoms with Gasteiger partial charge in [-0.3, -0.25) is 0 Å². The van der Waals surface area contributed by atoms with Crippen molar-refractivity contribution in [3.05, 3.63) is 36.2 Å². The lowest BCUT2D eigenvalue weighted by atomic mass is 10.1. The van der Waals surface area contributed by atoms with Crippen LogP contribution in [0.5, 0.6) is 0 Å². The van der Waals surface area contributed by atoms with Crippen LogP contribution in [0.3, 0.4) is 0 Å². The zero-order chi connectivity index (χ0) is 10.7. The first-order valence-electron chi connectivity index (χ1n) is 4.28. The molecule has 0 aliphatic heterocycles. The summed E-state index contributed by atoms with van der Waals surface area (Å²) in [6, 6.07) is 6.89. The summed E-state index contributed by atoms with van der Waals surface area (Å²) in [6.45, 7) is 0. The second-order valence-electron chi connectivity index (χ2n) is 2.97. The minimum Gasteiger partial charge on any atom is -0.550 e. The van der Waals surface area contributed by atoms with E-state index in [-0.39, 0.29) is 6.42 Å². The summed E-state index contributed by atoms with van der Waals surface area (Å²) in [4.78, 5) is 10.3. The predicted octanol–water partition coefficient (Wildman–Crippen LogP) is -1.05. The van der Waals surface area contributed by atoms with Crippen molar-refractivity contribution in [1.82, 2.24) is 20.2 Å². The first-order chi connectivity index (χ1) is 7.25. The predicted molar refractivity (Wildman–Crippen MR) is 47.9 cm³/mol. The molecule has 0 atom stereocenters. The second-order valence-corrected chi connectivity index (χ2v) is 2.97. The fourth-order valence-electron chi connectivity index (χ4n) is 1.21. The Morgan fingerprint density at radius 2 is 2.07 bits per heavy atom. The van der Waals surface area contributed by atoms with Crippen molar-refractivity contribution >= 4 is 5.97 Å². The van der Waals surface area contributed by atoms with Crippen molar-refractivity contribution < 1.29 is 9.90 Å². The molecule has 0 radical (unpaired) electrons. The van der Waals surface area contributed by atoms with E-state index in [1.165, 1.54) is 11.0 Å². The number of carbonyl (C=O) groups excluding carboxylic acids is 1. The third-order valence-electron chi connectivity index (χ3n) is 1.90. The Kier molecular flexibility index (Phi) is 2.40. The number of tetrazole rings is 1. The van der Waals surface area contributed by atoms with Crippen LogP contribution in [-0.4, -0.2) is 26.2 Å². The van der Waals surface area contributed by atoms with Crippen LogP contribution in [0.2, 0.25) is 0 Å². The van der Waals surface area contributed by atoms with Gasteiger partial charge in [0.25, 0.3) is 0 Å². The molecule has 0 unspecified atom stereocenters. The highest BCUT2D eigenvalue weighted by atomic mass is 16.4. The number of rotatable bonds is 3. The van der Waals surface area contributed by atoms with Crippen LogP contribution >= 0.6 is 0 Å². The molecule has 0 saturated heterocycles. The fraction of sp³-hybridized carbons (Fsp3) is 0.111. The van der Waals surface area contributed by atoms with E-state index in [0.29, 0.717) is 5.56 Å². The zero-order valence-electron chi connectivity index (χ0n) is 7.70. The van der Waals surface area contributed by atoms with Gasteiger partial charge in [-0.25, -0.2) is 4.68 Å². The highest BCUT2D eigenvalue weighted by molar-refractivity contribution is 5.68. The number of benzene rings is 1. The first kappa shape index (κ1) is 9.32. The molecule has 0 aliphatic rings. The van der Waals surface area contributed by atoms with Crippen molar-refractivity contribution in [3.63, 3.8) is 0 Å². The summed E-state index contributed by atoms with van der Waals surface area (Å²) < 4.78 is 1.49. The average Bonchev–Trinajstić information content (AvgIpc) is 2.71. The van der Waals surface area contributed by atoms with Crippen LogP contribution < -0.4 is 5.11 Å². The molecule has 0 aliphatic carbocycles. The molecule has 1 aromatic heterocycles. The van der Waals surface area contributed by atoms with Crippen LogP contribution in [0.1, 0.15) is 5.56 Å². The van der Waals surface area contributed by atoms with E-state index in [0.717, 1.165) is 5.69 Å². The van der Waals surface area contributed by atoms with E-state index < -0.39 is 5.97 Å². The number of nitrogens with zero attached hydrogens (tertiary/aromatic N) is 4. The number of carboxylic acid groups (broad SMARTS) is 1. The highest BCUT2D eigenvalue weighted by Crippen LogP contribution is 2.07. The minimum atomic E-state index is -1.09. The van der Waals surface area contributed by atoms with Gasteiger partial charge in [0.2, 0.25) is 0 Å². The lowest BCUT2D eigenvalue weighted by Gasteiger charge is -2.03. The van der Waals surface area contributed by atoms with Gasteiger partial charge in [-0.15, -0.1) is 5.10 Å². The summed E-state index contributed by atoms with van der Waals surface area (Å²) >= 11 is 0. The lowest BCUT2D eigenvalue weighted by Crippen LogP contribution is -2.24. The quantitative estimate of drug-likeness (QED) is 0.635. The van der Waals surface area contributed by atoms with Crippen molar-refractivity contribution in [1.29, 1.82) is 0 Å². The number of hydrogen-bond acceptors (Lipinski definition) is 5. The molecule has 0 fully saturated rings. The molecule has 6 heteroatoms.